The molecule has 0 aromatic carbocycles. The molecule has 0 spiro atoms. The van der Waals surface area contributed by atoms with Crippen LogP contribution in [0.25, 0.3) is 6.08 Å². The quantitative estimate of drug-likeness (QED) is 0.706. The minimum Gasteiger partial charge on any atom is -0.334 e. The van der Waals surface area contributed by atoms with Crippen LogP contribution in [0.1, 0.15) is 45.4 Å². The number of amides is 1. The highest BCUT2D eigenvalue weighted by Gasteiger charge is 2.21. The van der Waals surface area contributed by atoms with Gasteiger partial charge in [-0.05, 0) is 44.2 Å². The van der Waals surface area contributed by atoms with E-state index < -0.39 is 0 Å². The lowest BCUT2D eigenvalue weighted by Gasteiger charge is -2.33. The van der Waals surface area contributed by atoms with Crippen LogP contribution in [-0.2, 0) is 4.79 Å². The lowest BCUT2D eigenvalue weighted by Crippen LogP contribution is -2.43. The first-order chi connectivity index (χ1) is 8.60. The fraction of sp³-hybridized carbons (Fsp3) is 0.533. The van der Waals surface area contributed by atoms with E-state index in [2.05, 4.69) is 27.7 Å². The summed E-state index contributed by atoms with van der Waals surface area (Å²) in [4.78, 5) is 15.4. The van der Waals surface area contributed by atoms with Gasteiger partial charge in [0.1, 0.15) is 0 Å². The zero-order chi connectivity index (χ0) is 13.5. The van der Waals surface area contributed by atoms with Crippen molar-refractivity contribution < 1.29 is 4.79 Å². The normalized spacial score (nSPS) is 14.7. The molecule has 100 valence electrons. The van der Waals surface area contributed by atoms with E-state index in [0.717, 1.165) is 17.7 Å². The van der Waals surface area contributed by atoms with E-state index in [0.29, 0.717) is 12.1 Å². The average molecular weight is 265 g/mol. The molecule has 0 aliphatic heterocycles. The third-order valence-electron chi connectivity index (χ3n) is 3.32. The highest BCUT2D eigenvalue weighted by Crippen LogP contribution is 2.15. The van der Waals surface area contributed by atoms with Crippen LogP contribution in [0.4, 0.5) is 0 Å². The Hall–Kier alpha value is -1.09. The molecule has 0 radical (unpaired) electrons. The van der Waals surface area contributed by atoms with Gasteiger partial charge in [0, 0.05) is 23.0 Å². The maximum absolute atomic E-state index is 12.3. The molecule has 0 aliphatic carbocycles. The number of rotatable bonds is 6. The molecule has 1 rings (SSSR count). The molecule has 3 heteroatoms. The van der Waals surface area contributed by atoms with Gasteiger partial charge in [0.25, 0.3) is 0 Å². The van der Waals surface area contributed by atoms with Gasteiger partial charge in [-0.2, -0.15) is 0 Å². The van der Waals surface area contributed by atoms with Crippen molar-refractivity contribution in [3.05, 3.63) is 28.5 Å². The molecule has 1 amide bonds. The summed E-state index contributed by atoms with van der Waals surface area (Å²) in [6, 6.07) is 4.60. The number of thiophene rings is 1. The van der Waals surface area contributed by atoms with Gasteiger partial charge in [-0.1, -0.05) is 19.9 Å². The average Bonchev–Trinajstić information content (AvgIpc) is 2.89. The Morgan fingerprint density at radius 3 is 2.39 bits per heavy atom. The molecule has 2 nitrogen and oxygen atoms in total. The van der Waals surface area contributed by atoms with Gasteiger partial charge in [0.15, 0.2) is 0 Å². The predicted octanol–water partition coefficient (Wildman–Crippen LogP) is 4.19. The molecule has 1 aromatic rings. The number of hydrogen-bond acceptors (Lipinski definition) is 2. The van der Waals surface area contributed by atoms with E-state index in [4.69, 9.17) is 0 Å². The second-order valence-electron chi connectivity index (χ2n) is 4.61. The lowest BCUT2D eigenvalue weighted by atomic mass is 10.1. The third kappa shape index (κ3) is 3.98. The Bertz CT molecular complexity index is 373. The number of carbonyl (C=O) groups is 1. The van der Waals surface area contributed by atoms with Crippen LogP contribution in [0.2, 0.25) is 0 Å². The van der Waals surface area contributed by atoms with E-state index in [9.17, 15) is 4.79 Å². The van der Waals surface area contributed by atoms with Gasteiger partial charge in [0.05, 0.1) is 0 Å². The Morgan fingerprint density at radius 2 is 1.94 bits per heavy atom. The van der Waals surface area contributed by atoms with E-state index in [1.807, 2.05) is 28.5 Å². The van der Waals surface area contributed by atoms with E-state index >= 15 is 0 Å². The van der Waals surface area contributed by atoms with Crippen LogP contribution >= 0.6 is 11.3 Å². The van der Waals surface area contributed by atoms with Crippen LogP contribution in [-0.4, -0.2) is 22.9 Å². The maximum atomic E-state index is 12.3. The predicted molar refractivity (Wildman–Crippen MR) is 79.7 cm³/mol. The van der Waals surface area contributed by atoms with Gasteiger partial charge in [-0.25, -0.2) is 0 Å². The monoisotopic (exact) mass is 265 g/mol. The second kappa shape index (κ2) is 7.37. The van der Waals surface area contributed by atoms with Crippen LogP contribution in [0, 0.1) is 0 Å². The van der Waals surface area contributed by atoms with Crippen LogP contribution < -0.4 is 0 Å². The van der Waals surface area contributed by atoms with E-state index in [1.165, 1.54) is 0 Å². The Morgan fingerprint density at radius 1 is 1.33 bits per heavy atom. The van der Waals surface area contributed by atoms with Crippen molar-refractivity contribution in [3.8, 4) is 0 Å². The van der Waals surface area contributed by atoms with Crippen molar-refractivity contribution in [3.63, 3.8) is 0 Å². The van der Waals surface area contributed by atoms with Crippen molar-refractivity contribution in [2.75, 3.05) is 0 Å². The summed E-state index contributed by atoms with van der Waals surface area (Å²) in [6.45, 7) is 8.47. The van der Waals surface area contributed by atoms with Crippen molar-refractivity contribution in [2.45, 2.75) is 52.6 Å². The molecule has 1 aromatic heterocycles. The van der Waals surface area contributed by atoms with Crippen molar-refractivity contribution in [2.24, 2.45) is 0 Å². The molecular formula is C15H23NOS. The molecule has 2 atom stereocenters. The summed E-state index contributed by atoms with van der Waals surface area (Å²) >= 11 is 1.65. The highest BCUT2D eigenvalue weighted by atomic mass is 32.1. The molecule has 0 bridgehead atoms. The summed E-state index contributed by atoms with van der Waals surface area (Å²) in [5, 5.41) is 2.02. The summed E-state index contributed by atoms with van der Waals surface area (Å²) in [5.41, 5.74) is 0. The summed E-state index contributed by atoms with van der Waals surface area (Å²) in [7, 11) is 0. The minimum absolute atomic E-state index is 0.118. The Labute approximate surface area is 114 Å². The minimum atomic E-state index is 0.118. The number of hydrogen-bond donors (Lipinski definition) is 0. The van der Waals surface area contributed by atoms with Crippen molar-refractivity contribution in [1.29, 1.82) is 0 Å². The lowest BCUT2D eigenvalue weighted by molar-refractivity contribution is -0.130. The molecule has 0 saturated carbocycles. The third-order valence-corrected chi connectivity index (χ3v) is 4.16. The molecule has 0 N–H and O–H groups in total. The maximum Gasteiger partial charge on any atom is 0.247 e. The fourth-order valence-electron chi connectivity index (χ4n) is 1.89. The van der Waals surface area contributed by atoms with E-state index in [-0.39, 0.29) is 5.91 Å². The fourth-order valence-corrected chi connectivity index (χ4v) is 2.51. The van der Waals surface area contributed by atoms with E-state index in [1.54, 1.807) is 17.4 Å². The molecule has 0 fully saturated rings. The van der Waals surface area contributed by atoms with Gasteiger partial charge >= 0.3 is 0 Å². The van der Waals surface area contributed by atoms with Crippen molar-refractivity contribution in [1.82, 2.24) is 4.90 Å². The summed E-state index contributed by atoms with van der Waals surface area (Å²) < 4.78 is 0. The van der Waals surface area contributed by atoms with Crippen molar-refractivity contribution >= 4 is 23.3 Å². The summed E-state index contributed by atoms with van der Waals surface area (Å²) in [6.07, 6.45) is 5.58. The zero-order valence-electron chi connectivity index (χ0n) is 11.7. The first kappa shape index (κ1) is 15.0. The molecule has 18 heavy (non-hydrogen) atoms. The van der Waals surface area contributed by atoms with Gasteiger partial charge in [-0.3, -0.25) is 4.79 Å². The Balaban J connectivity index is 2.76. The summed E-state index contributed by atoms with van der Waals surface area (Å²) in [5.74, 6) is 0.118. The van der Waals surface area contributed by atoms with Gasteiger partial charge in [0.2, 0.25) is 5.91 Å². The topological polar surface area (TPSA) is 20.3 Å². The smallest absolute Gasteiger partial charge is 0.247 e. The molecule has 0 aliphatic rings. The molecule has 0 saturated heterocycles. The highest BCUT2D eigenvalue weighted by molar-refractivity contribution is 7.10. The van der Waals surface area contributed by atoms with Crippen LogP contribution in [0.15, 0.2) is 23.6 Å². The second-order valence-corrected chi connectivity index (χ2v) is 5.59. The molecule has 0 unspecified atom stereocenters. The molecule has 1 heterocycles. The first-order valence-electron chi connectivity index (χ1n) is 6.64. The largest absolute Gasteiger partial charge is 0.334 e. The first-order valence-corrected chi connectivity index (χ1v) is 7.52. The van der Waals surface area contributed by atoms with Gasteiger partial charge in [-0.15, -0.1) is 11.3 Å². The molecular weight excluding hydrogens is 242 g/mol. The Kier molecular flexibility index (Phi) is 6.13. The van der Waals surface area contributed by atoms with Gasteiger partial charge < -0.3 is 4.90 Å². The SMILES string of the molecule is CC[C@H](C)N(C(=O)/C=C/c1cccs1)[C@@H](C)CC. The zero-order valence-corrected chi connectivity index (χ0v) is 12.5. The van der Waals surface area contributed by atoms with Crippen LogP contribution in [0.5, 0.6) is 0 Å². The standard InChI is InChI=1S/C15H23NOS/c1-5-12(3)16(13(4)6-2)15(17)10-9-14-8-7-11-18-14/h7-13H,5-6H2,1-4H3/b10-9+/t12-,13-/m0/s1. The van der Waals surface area contributed by atoms with Crippen LogP contribution in [0.3, 0.4) is 0 Å². The number of carbonyl (C=O) groups excluding carboxylic acids is 1. The number of nitrogens with zero attached hydrogens (tertiary/aromatic N) is 1.